The Hall–Kier alpha value is -3.43. The first-order chi connectivity index (χ1) is 14.7. The molecule has 31 heavy (non-hydrogen) atoms. The lowest BCUT2D eigenvalue weighted by Gasteiger charge is -2.23. The SMILES string of the molecule is COc1ccc(N(C(=O)c2ccccc2[N+](=O)[O-])S(=O)(=O)c2ccc(C)cc2)cc1Cl. The molecule has 0 radical (unpaired) electrons. The van der Waals surface area contributed by atoms with E-state index in [-0.39, 0.29) is 26.9 Å². The number of sulfonamides is 1. The van der Waals surface area contributed by atoms with Crippen molar-refractivity contribution in [2.24, 2.45) is 0 Å². The molecule has 0 spiro atoms. The molecule has 0 saturated heterocycles. The molecule has 0 atom stereocenters. The van der Waals surface area contributed by atoms with E-state index >= 15 is 0 Å². The molecule has 3 aromatic carbocycles. The molecule has 10 heteroatoms. The lowest BCUT2D eigenvalue weighted by atomic mass is 10.1. The molecule has 0 unspecified atom stereocenters. The van der Waals surface area contributed by atoms with E-state index in [2.05, 4.69) is 0 Å². The number of para-hydroxylation sites is 1. The number of benzene rings is 3. The summed E-state index contributed by atoms with van der Waals surface area (Å²) in [6, 6.07) is 15.0. The van der Waals surface area contributed by atoms with Crippen molar-refractivity contribution in [3.8, 4) is 5.75 Å². The van der Waals surface area contributed by atoms with Crippen molar-refractivity contribution < 1.29 is 22.9 Å². The van der Waals surface area contributed by atoms with Crippen molar-refractivity contribution in [2.75, 3.05) is 11.4 Å². The summed E-state index contributed by atoms with van der Waals surface area (Å²) in [6.45, 7) is 1.79. The number of aryl methyl sites for hydroxylation is 1. The average Bonchev–Trinajstić information content (AvgIpc) is 2.74. The maximum Gasteiger partial charge on any atom is 0.282 e. The summed E-state index contributed by atoms with van der Waals surface area (Å²) in [5.41, 5.74) is -0.163. The van der Waals surface area contributed by atoms with Gasteiger partial charge in [-0.05, 0) is 43.3 Å². The van der Waals surface area contributed by atoms with Crippen LogP contribution in [-0.4, -0.2) is 26.4 Å². The van der Waals surface area contributed by atoms with E-state index < -0.39 is 26.5 Å². The lowest BCUT2D eigenvalue weighted by Crippen LogP contribution is -2.37. The molecule has 0 aliphatic rings. The maximum absolute atomic E-state index is 13.5. The first-order valence-electron chi connectivity index (χ1n) is 8.90. The van der Waals surface area contributed by atoms with Gasteiger partial charge in [-0.3, -0.25) is 14.9 Å². The van der Waals surface area contributed by atoms with Gasteiger partial charge in [-0.2, -0.15) is 4.31 Å². The molecule has 0 N–H and O–H groups in total. The van der Waals surface area contributed by atoms with Gasteiger partial charge in [0.15, 0.2) is 0 Å². The van der Waals surface area contributed by atoms with Crippen molar-refractivity contribution in [2.45, 2.75) is 11.8 Å². The Labute approximate surface area is 183 Å². The first kappa shape index (κ1) is 22.3. The second-order valence-electron chi connectivity index (χ2n) is 6.48. The van der Waals surface area contributed by atoms with Crippen LogP contribution in [0.3, 0.4) is 0 Å². The monoisotopic (exact) mass is 460 g/mol. The Balaban J connectivity index is 2.25. The molecular formula is C21H17ClN2O6S. The molecule has 8 nitrogen and oxygen atoms in total. The third kappa shape index (κ3) is 4.37. The Morgan fingerprint density at radius 3 is 2.29 bits per heavy atom. The number of carbonyl (C=O) groups is 1. The van der Waals surface area contributed by atoms with E-state index in [1.54, 1.807) is 19.1 Å². The van der Waals surface area contributed by atoms with E-state index in [9.17, 15) is 23.3 Å². The van der Waals surface area contributed by atoms with Gasteiger partial charge in [-0.25, -0.2) is 8.42 Å². The van der Waals surface area contributed by atoms with Gasteiger partial charge in [0.25, 0.3) is 21.6 Å². The number of halogens is 1. The predicted molar refractivity (Wildman–Crippen MR) is 116 cm³/mol. The van der Waals surface area contributed by atoms with Gasteiger partial charge in [-0.15, -0.1) is 0 Å². The number of ether oxygens (including phenoxy) is 1. The minimum absolute atomic E-state index is 0.0690. The summed E-state index contributed by atoms with van der Waals surface area (Å²) in [6.07, 6.45) is 0. The number of amides is 1. The number of nitro benzene ring substituents is 1. The molecule has 0 aliphatic carbocycles. The topological polar surface area (TPSA) is 107 Å². The molecule has 0 fully saturated rings. The molecule has 0 aliphatic heterocycles. The first-order valence-corrected chi connectivity index (χ1v) is 10.7. The Kier molecular flexibility index (Phi) is 6.28. The second kappa shape index (κ2) is 8.75. The smallest absolute Gasteiger partial charge is 0.282 e. The lowest BCUT2D eigenvalue weighted by molar-refractivity contribution is -0.385. The van der Waals surface area contributed by atoms with Crippen molar-refractivity contribution in [3.05, 3.63) is 93.0 Å². The molecule has 0 saturated carbocycles. The van der Waals surface area contributed by atoms with Gasteiger partial charge < -0.3 is 4.74 Å². The zero-order valence-electron chi connectivity index (χ0n) is 16.5. The molecular weight excluding hydrogens is 444 g/mol. The van der Waals surface area contributed by atoms with Gasteiger partial charge in [-0.1, -0.05) is 41.4 Å². The number of nitrogens with zero attached hydrogens (tertiary/aromatic N) is 2. The van der Waals surface area contributed by atoms with Crippen LogP contribution in [-0.2, 0) is 10.0 Å². The Morgan fingerprint density at radius 2 is 1.71 bits per heavy atom. The van der Waals surface area contributed by atoms with E-state index in [1.807, 2.05) is 0 Å². The summed E-state index contributed by atoms with van der Waals surface area (Å²) in [7, 11) is -3.05. The van der Waals surface area contributed by atoms with Crippen LogP contribution in [0.4, 0.5) is 11.4 Å². The van der Waals surface area contributed by atoms with Gasteiger partial charge in [0, 0.05) is 6.07 Å². The molecule has 0 aromatic heterocycles. The summed E-state index contributed by atoms with van der Waals surface area (Å²) in [4.78, 5) is 23.9. The van der Waals surface area contributed by atoms with Crippen LogP contribution < -0.4 is 9.04 Å². The van der Waals surface area contributed by atoms with E-state index in [0.29, 0.717) is 4.31 Å². The summed E-state index contributed by atoms with van der Waals surface area (Å²) in [5.74, 6) is -0.814. The molecule has 1 amide bonds. The minimum Gasteiger partial charge on any atom is -0.495 e. The van der Waals surface area contributed by atoms with Crippen LogP contribution in [0.15, 0.2) is 71.6 Å². The number of hydrogen-bond donors (Lipinski definition) is 0. The molecule has 0 bridgehead atoms. The molecule has 160 valence electrons. The van der Waals surface area contributed by atoms with Gasteiger partial charge in [0.1, 0.15) is 11.3 Å². The number of hydrogen-bond acceptors (Lipinski definition) is 6. The van der Waals surface area contributed by atoms with Crippen LogP contribution in [0.25, 0.3) is 0 Å². The summed E-state index contributed by atoms with van der Waals surface area (Å²) >= 11 is 6.16. The number of anilines is 1. The standard InChI is InChI=1S/C21H17ClN2O6S/c1-14-7-10-16(11-8-14)31(28,29)23(15-9-12-20(30-2)18(22)13-15)21(25)17-5-3-4-6-19(17)24(26)27/h3-13H,1-2H3. The maximum atomic E-state index is 13.5. The second-order valence-corrected chi connectivity index (χ2v) is 8.67. The number of rotatable bonds is 6. The molecule has 0 heterocycles. The van der Waals surface area contributed by atoms with Gasteiger partial charge in [0.2, 0.25) is 0 Å². The van der Waals surface area contributed by atoms with Crippen LogP contribution in [0.1, 0.15) is 15.9 Å². The van der Waals surface area contributed by atoms with Crippen molar-refractivity contribution in [1.29, 1.82) is 0 Å². The highest BCUT2D eigenvalue weighted by molar-refractivity contribution is 7.93. The fourth-order valence-electron chi connectivity index (χ4n) is 2.89. The number of carbonyl (C=O) groups excluding carboxylic acids is 1. The number of nitro groups is 1. The highest BCUT2D eigenvalue weighted by Gasteiger charge is 2.35. The largest absolute Gasteiger partial charge is 0.495 e. The third-order valence-corrected chi connectivity index (χ3v) is 6.47. The van der Waals surface area contributed by atoms with Crippen LogP contribution >= 0.6 is 11.6 Å². The zero-order valence-corrected chi connectivity index (χ0v) is 18.1. The zero-order chi connectivity index (χ0) is 22.8. The fraction of sp³-hybridized carbons (Fsp3) is 0.0952. The van der Waals surface area contributed by atoms with E-state index in [1.165, 1.54) is 55.6 Å². The molecule has 3 rings (SSSR count). The summed E-state index contributed by atoms with van der Waals surface area (Å²) < 4.78 is 32.5. The average molecular weight is 461 g/mol. The third-order valence-electron chi connectivity index (χ3n) is 4.44. The van der Waals surface area contributed by atoms with Crippen LogP contribution in [0.2, 0.25) is 5.02 Å². The van der Waals surface area contributed by atoms with Crippen molar-refractivity contribution in [1.82, 2.24) is 0 Å². The van der Waals surface area contributed by atoms with Crippen LogP contribution in [0, 0.1) is 17.0 Å². The predicted octanol–water partition coefficient (Wildman–Crippen LogP) is 4.60. The fourth-order valence-corrected chi connectivity index (χ4v) is 4.54. The number of methoxy groups -OCH3 is 1. The Morgan fingerprint density at radius 1 is 1.06 bits per heavy atom. The Bertz CT molecular complexity index is 1260. The van der Waals surface area contributed by atoms with E-state index in [4.69, 9.17) is 16.3 Å². The van der Waals surface area contributed by atoms with E-state index in [0.717, 1.165) is 11.6 Å². The van der Waals surface area contributed by atoms with Gasteiger partial charge in [0.05, 0.1) is 27.6 Å². The highest BCUT2D eigenvalue weighted by Crippen LogP contribution is 2.34. The molecule has 3 aromatic rings. The summed E-state index contributed by atoms with van der Waals surface area (Å²) in [5, 5.41) is 11.5. The quantitative estimate of drug-likeness (QED) is 0.393. The highest BCUT2D eigenvalue weighted by atomic mass is 35.5. The van der Waals surface area contributed by atoms with Crippen molar-refractivity contribution >= 4 is 38.9 Å². The normalized spacial score (nSPS) is 11.1. The minimum atomic E-state index is -4.44. The van der Waals surface area contributed by atoms with Crippen LogP contribution in [0.5, 0.6) is 5.75 Å². The van der Waals surface area contributed by atoms with Gasteiger partial charge >= 0.3 is 0 Å². The van der Waals surface area contributed by atoms with Crippen molar-refractivity contribution in [3.63, 3.8) is 0 Å².